The molecule has 0 radical (unpaired) electrons. The number of thiol groups is 2. The standard InChI is InChI=1S/C6H12N2O2S2/c7-5(9)3(1-11)4(2-12)6(8)10/h3-4,11-12H,1-2H2,(H2,7,9)(H2,8,10)/t3-,4?/m0/s1. The topological polar surface area (TPSA) is 86.2 Å². The zero-order valence-electron chi connectivity index (χ0n) is 6.43. The fraction of sp³-hybridized carbons (Fsp3) is 0.667. The average Bonchev–Trinajstić information content (AvgIpc) is 1.98. The van der Waals surface area contributed by atoms with Crippen LogP contribution in [0.3, 0.4) is 0 Å². The van der Waals surface area contributed by atoms with Gasteiger partial charge in [0.2, 0.25) is 11.8 Å². The maximum atomic E-state index is 10.8. The van der Waals surface area contributed by atoms with Gasteiger partial charge in [0, 0.05) is 11.5 Å². The molecule has 0 heterocycles. The van der Waals surface area contributed by atoms with Crippen molar-refractivity contribution in [1.82, 2.24) is 0 Å². The molecule has 70 valence electrons. The van der Waals surface area contributed by atoms with Crippen LogP contribution < -0.4 is 11.5 Å². The van der Waals surface area contributed by atoms with E-state index in [-0.39, 0.29) is 11.5 Å². The smallest absolute Gasteiger partial charge is 0.222 e. The van der Waals surface area contributed by atoms with Crippen LogP contribution in [0, 0.1) is 11.8 Å². The summed E-state index contributed by atoms with van der Waals surface area (Å²) in [4.78, 5) is 21.5. The highest BCUT2D eigenvalue weighted by Gasteiger charge is 2.28. The van der Waals surface area contributed by atoms with E-state index >= 15 is 0 Å². The van der Waals surface area contributed by atoms with E-state index < -0.39 is 23.7 Å². The molecule has 0 aromatic carbocycles. The summed E-state index contributed by atoms with van der Waals surface area (Å²) in [5.74, 6) is -1.95. The van der Waals surface area contributed by atoms with Gasteiger partial charge in [0.25, 0.3) is 0 Å². The minimum Gasteiger partial charge on any atom is -0.369 e. The van der Waals surface area contributed by atoms with Crippen molar-refractivity contribution in [2.45, 2.75) is 0 Å². The van der Waals surface area contributed by atoms with E-state index in [0.717, 1.165) is 0 Å². The summed E-state index contributed by atoms with van der Waals surface area (Å²) in [5, 5.41) is 0. The van der Waals surface area contributed by atoms with Crippen molar-refractivity contribution in [3.05, 3.63) is 0 Å². The lowest BCUT2D eigenvalue weighted by atomic mass is 9.94. The number of carbonyl (C=O) groups excluding carboxylic acids is 2. The molecule has 0 bridgehead atoms. The van der Waals surface area contributed by atoms with Crippen molar-refractivity contribution in [3.63, 3.8) is 0 Å². The van der Waals surface area contributed by atoms with E-state index in [2.05, 4.69) is 25.3 Å². The highest BCUT2D eigenvalue weighted by atomic mass is 32.1. The van der Waals surface area contributed by atoms with E-state index in [0.29, 0.717) is 0 Å². The van der Waals surface area contributed by atoms with Crippen molar-refractivity contribution in [2.24, 2.45) is 23.3 Å². The van der Waals surface area contributed by atoms with Crippen molar-refractivity contribution in [2.75, 3.05) is 11.5 Å². The first-order valence-corrected chi connectivity index (χ1v) is 4.61. The second kappa shape index (κ2) is 5.31. The first-order chi connectivity index (χ1) is 5.54. The molecule has 0 aromatic heterocycles. The molecule has 2 atom stereocenters. The SMILES string of the molecule is NC(=O)C(CS)[C@H](CS)C(N)=O. The van der Waals surface area contributed by atoms with Crippen LogP contribution in [0.2, 0.25) is 0 Å². The Labute approximate surface area is 81.9 Å². The molecule has 6 heteroatoms. The minimum atomic E-state index is -0.622. The number of nitrogens with two attached hydrogens (primary N) is 2. The molecule has 1 unspecified atom stereocenters. The summed E-state index contributed by atoms with van der Waals surface area (Å²) in [6.45, 7) is 0. The second-order valence-electron chi connectivity index (χ2n) is 2.38. The average molecular weight is 208 g/mol. The fourth-order valence-electron chi connectivity index (χ4n) is 0.831. The maximum absolute atomic E-state index is 10.8. The third-order valence-electron chi connectivity index (χ3n) is 1.61. The number of amides is 2. The molecule has 0 aliphatic carbocycles. The van der Waals surface area contributed by atoms with Crippen LogP contribution in [0.4, 0.5) is 0 Å². The maximum Gasteiger partial charge on any atom is 0.222 e. The van der Waals surface area contributed by atoms with Crippen LogP contribution in [0.15, 0.2) is 0 Å². The largest absolute Gasteiger partial charge is 0.369 e. The molecule has 12 heavy (non-hydrogen) atoms. The lowest BCUT2D eigenvalue weighted by molar-refractivity contribution is -0.129. The summed E-state index contributed by atoms with van der Waals surface area (Å²) in [5.41, 5.74) is 10.1. The Hall–Kier alpha value is -0.360. The third-order valence-corrected chi connectivity index (χ3v) is 2.40. The molecule has 4 N–H and O–H groups in total. The normalized spacial score (nSPS) is 15.2. The molecule has 0 saturated carbocycles. The van der Waals surface area contributed by atoms with Gasteiger partial charge in [-0.05, 0) is 0 Å². The number of carbonyl (C=O) groups is 2. The van der Waals surface area contributed by atoms with Crippen molar-refractivity contribution < 1.29 is 9.59 Å². The van der Waals surface area contributed by atoms with Crippen molar-refractivity contribution >= 4 is 37.1 Å². The van der Waals surface area contributed by atoms with E-state index in [4.69, 9.17) is 11.5 Å². The third kappa shape index (κ3) is 2.94. The first-order valence-electron chi connectivity index (χ1n) is 3.35. The van der Waals surface area contributed by atoms with Gasteiger partial charge in [-0.2, -0.15) is 25.3 Å². The van der Waals surface area contributed by atoms with Crippen LogP contribution in [0.1, 0.15) is 0 Å². The van der Waals surface area contributed by atoms with Gasteiger partial charge in [0.05, 0.1) is 11.8 Å². The molecular formula is C6H12N2O2S2. The quantitative estimate of drug-likeness (QED) is 0.439. The van der Waals surface area contributed by atoms with Crippen molar-refractivity contribution in [1.29, 1.82) is 0 Å². The summed E-state index contributed by atoms with van der Waals surface area (Å²) in [7, 11) is 0. The van der Waals surface area contributed by atoms with Crippen LogP contribution in [0.25, 0.3) is 0 Å². The Morgan fingerprint density at radius 1 is 1.00 bits per heavy atom. The molecule has 0 saturated heterocycles. The van der Waals surface area contributed by atoms with Crippen LogP contribution in [0.5, 0.6) is 0 Å². The zero-order chi connectivity index (χ0) is 9.72. The van der Waals surface area contributed by atoms with Gasteiger partial charge in [-0.15, -0.1) is 0 Å². The van der Waals surface area contributed by atoms with E-state index in [1.807, 2.05) is 0 Å². The van der Waals surface area contributed by atoms with Gasteiger partial charge in [-0.25, -0.2) is 0 Å². The van der Waals surface area contributed by atoms with Gasteiger partial charge in [0.1, 0.15) is 0 Å². The monoisotopic (exact) mass is 208 g/mol. The Morgan fingerprint density at radius 3 is 1.33 bits per heavy atom. The molecule has 2 amide bonds. The predicted octanol–water partition coefficient (Wildman–Crippen LogP) is -0.951. The molecule has 4 nitrogen and oxygen atoms in total. The highest BCUT2D eigenvalue weighted by molar-refractivity contribution is 7.80. The fourth-order valence-corrected chi connectivity index (χ4v) is 1.70. The van der Waals surface area contributed by atoms with Crippen LogP contribution in [-0.2, 0) is 9.59 Å². The van der Waals surface area contributed by atoms with Gasteiger partial charge in [-0.1, -0.05) is 0 Å². The Kier molecular flexibility index (Phi) is 5.16. The van der Waals surface area contributed by atoms with Gasteiger partial charge >= 0.3 is 0 Å². The molecule has 0 spiro atoms. The number of hydrogen-bond donors (Lipinski definition) is 4. The predicted molar refractivity (Wildman–Crippen MR) is 53.1 cm³/mol. The summed E-state index contributed by atoms with van der Waals surface area (Å²) >= 11 is 7.80. The molecule has 0 aromatic rings. The second-order valence-corrected chi connectivity index (χ2v) is 3.11. The summed E-state index contributed by atoms with van der Waals surface area (Å²) < 4.78 is 0. The van der Waals surface area contributed by atoms with Crippen molar-refractivity contribution in [3.8, 4) is 0 Å². The van der Waals surface area contributed by atoms with E-state index in [1.165, 1.54) is 0 Å². The molecule has 0 fully saturated rings. The van der Waals surface area contributed by atoms with Crippen LogP contribution in [-0.4, -0.2) is 23.3 Å². The minimum absolute atomic E-state index is 0.212. The zero-order valence-corrected chi connectivity index (χ0v) is 8.22. The molecule has 0 aliphatic heterocycles. The summed E-state index contributed by atoms with van der Waals surface area (Å²) in [6.07, 6.45) is 0. The first kappa shape index (κ1) is 11.6. The van der Waals surface area contributed by atoms with Gasteiger partial charge in [0.15, 0.2) is 0 Å². The molecule has 0 aliphatic rings. The highest BCUT2D eigenvalue weighted by Crippen LogP contribution is 2.14. The summed E-state index contributed by atoms with van der Waals surface area (Å²) in [6, 6.07) is 0. The molecular weight excluding hydrogens is 196 g/mol. The molecule has 0 rings (SSSR count). The lowest BCUT2D eigenvalue weighted by Crippen LogP contribution is -2.39. The van der Waals surface area contributed by atoms with Gasteiger partial charge < -0.3 is 11.5 Å². The van der Waals surface area contributed by atoms with E-state index in [1.54, 1.807) is 0 Å². The Morgan fingerprint density at radius 2 is 1.25 bits per heavy atom. The number of rotatable bonds is 5. The number of primary amides is 2. The Bertz CT molecular complexity index is 166. The Balaban J connectivity index is 4.44. The number of hydrogen-bond acceptors (Lipinski definition) is 4. The van der Waals surface area contributed by atoms with Crippen LogP contribution >= 0.6 is 25.3 Å². The van der Waals surface area contributed by atoms with E-state index in [9.17, 15) is 9.59 Å². The lowest BCUT2D eigenvalue weighted by Gasteiger charge is -2.17. The van der Waals surface area contributed by atoms with Gasteiger partial charge in [-0.3, -0.25) is 9.59 Å².